The van der Waals surface area contributed by atoms with E-state index in [0.717, 1.165) is 25.7 Å². The van der Waals surface area contributed by atoms with Crippen LogP contribution < -0.4 is 0 Å². The van der Waals surface area contributed by atoms with Gasteiger partial charge in [0.25, 0.3) is 0 Å². The van der Waals surface area contributed by atoms with Crippen LogP contribution >= 0.6 is 0 Å². The Bertz CT molecular complexity index is 474. The first-order valence-corrected chi connectivity index (χ1v) is 11.7. The van der Waals surface area contributed by atoms with E-state index >= 15 is 0 Å². The van der Waals surface area contributed by atoms with Gasteiger partial charge in [0, 0.05) is 12.5 Å². The highest BCUT2D eigenvalue weighted by atomic mass is 28.4. The summed E-state index contributed by atoms with van der Waals surface area (Å²) in [5.41, 5.74) is 1.36. The van der Waals surface area contributed by atoms with Gasteiger partial charge in [0.2, 0.25) is 0 Å². The topological polar surface area (TPSA) is 26.3 Å². The van der Waals surface area contributed by atoms with Crippen LogP contribution in [0.3, 0.4) is 0 Å². The largest absolute Gasteiger partial charge is 0.414 e. The molecule has 1 aromatic rings. The van der Waals surface area contributed by atoms with Crippen molar-refractivity contribution < 1.29 is 9.22 Å². The van der Waals surface area contributed by atoms with Crippen molar-refractivity contribution in [1.82, 2.24) is 0 Å². The van der Waals surface area contributed by atoms with Gasteiger partial charge in [-0.25, -0.2) is 0 Å². The van der Waals surface area contributed by atoms with E-state index < -0.39 is 8.32 Å². The molecule has 0 bridgehead atoms. The Morgan fingerprint density at radius 2 is 1.74 bits per heavy atom. The lowest BCUT2D eigenvalue weighted by Crippen LogP contribution is -2.44. The highest BCUT2D eigenvalue weighted by Gasteiger charge is 2.38. The Morgan fingerprint density at radius 3 is 2.26 bits per heavy atom. The fourth-order valence-corrected chi connectivity index (χ4v) is 3.83. The molecule has 0 amide bonds. The molecule has 0 fully saturated rings. The molecule has 0 aliphatic carbocycles. The van der Waals surface area contributed by atoms with Gasteiger partial charge in [0.1, 0.15) is 5.78 Å². The minimum Gasteiger partial charge on any atom is -0.414 e. The molecule has 130 valence electrons. The molecule has 0 radical (unpaired) electrons. The van der Waals surface area contributed by atoms with Crippen LogP contribution in [-0.4, -0.2) is 20.2 Å². The van der Waals surface area contributed by atoms with Crippen LogP contribution in [0.15, 0.2) is 30.3 Å². The van der Waals surface area contributed by atoms with Gasteiger partial charge in [-0.3, -0.25) is 0 Å². The van der Waals surface area contributed by atoms with Gasteiger partial charge in [0.15, 0.2) is 8.32 Å². The normalized spacial score (nSPS) is 13.8. The van der Waals surface area contributed by atoms with Gasteiger partial charge >= 0.3 is 0 Å². The predicted octanol–water partition coefficient (Wildman–Crippen LogP) is 5.77. The van der Waals surface area contributed by atoms with E-state index in [1.807, 2.05) is 0 Å². The van der Waals surface area contributed by atoms with Gasteiger partial charge < -0.3 is 9.22 Å². The molecule has 0 saturated carbocycles. The summed E-state index contributed by atoms with van der Waals surface area (Å²) >= 11 is 0. The molecule has 1 rings (SSSR count). The maximum absolute atomic E-state index is 11.2. The monoisotopic (exact) mass is 334 g/mol. The molecule has 3 heteroatoms. The van der Waals surface area contributed by atoms with E-state index in [4.69, 9.17) is 4.43 Å². The third kappa shape index (κ3) is 7.45. The third-order valence-electron chi connectivity index (χ3n) is 4.92. The number of carbonyl (C=O) groups is 1. The fraction of sp³-hybridized carbons (Fsp3) is 0.650. The van der Waals surface area contributed by atoms with Gasteiger partial charge in [-0.1, -0.05) is 51.1 Å². The Labute approximate surface area is 143 Å². The van der Waals surface area contributed by atoms with Crippen LogP contribution in [0.1, 0.15) is 58.9 Å². The quantitative estimate of drug-likeness (QED) is 0.536. The molecular formula is C20H34O2Si. The van der Waals surface area contributed by atoms with Crippen LogP contribution in [0.25, 0.3) is 0 Å². The number of ketones is 1. The average Bonchev–Trinajstić information content (AvgIpc) is 2.44. The summed E-state index contributed by atoms with van der Waals surface area (Å²) in [6.45, 7) is 13.1. The average molecular weight is 335 g/mol. The first kappa shape index (κ1) is 20.1. The molecule has 0 aliphatic rings. The predicted molar refractivity (Wildman–Crippen MR) is 101 cm³/mol. The number of hydrogen-bond donors (Lipinski definition) is 0. The van der Waals surface area contributed by atoms with Crippen LogP contribution in [-0.2, 0) is 15.6 Å². The summed E-state index contributed by atoms with van der Waals surface area (Å²) in [4.78, 5) is 11.2. The smallest absolute Gasteiger partial charge is 0.192 e. The molecule has 1 unspecified atom stereocenters. The van der Waals surface area contributed by atoms with Crippen molar-refractivity contribution >= 4 is 14.1 Å². The van der Waals surface area contributed by atoms with Gasteiger partial charge in [-0.2, -0.15) is 0 Å². The molecule has 0 heterocycles. The van der Waals surface area contributed by atoms with Crippen LogP contribution in [0.2, 0.25) is 18.1 Å². The van der Waals surface area contributed by atoms with Crippen molar-refractivity contribution in [3.63, 3.8) is 0 Å². The minimum absolute atomic E-state index is 0.221. The van der Waals surface area contributed by atoms with Gasteiger partial charge in [-0.15, -0.1) is 0 Å². The highest BCUT2D eigenvalue weighted by molar-refractivity contribution is 6.74. The summed E-state index contributed by atoms with van der Waals surface area (Å²) in [5.74, 6) is 0.277. The van der Waals surface area contributed by atoms with Crippen molar-refractivity contribution in [2.24, 2.45) is 0 Å². The molecule has 1 aromatic carbocycles. The standard InChI is InChI=1S/C20H34O2Si/c1-17(21)11-10-14-19(22-23(5,6)20(2,3)4)16-15-18-12-8-7-9-13-18/h7-9,12-13,19H,10-11,14-16H2,1-6H3. The maximum atomic E-state index is 11.2. The fourth-order valence-electron chi connectivity index (χ4n) is 2.41. The van der Waals surface area contributed by atoms with Gasteiger partial charge in [-0.05, 0) is 56.3 Å². The van der Waals surface area contributed by atoms with E-state index in [0.29, 0.717) is 6.42 Å². The molecule has 1 atom stereocenters. The number of Topliss-reactive ketones (excluding diaryl/α,β-unsaturated/α-hetero) is 1. The van der Waals surface area contributed by atoms with Crippen LogP contribution in [0.4, 0.5) is 0 Å². The second-order valence-corrected chi connectivity index (χ2v) is 12.9. The van der Waals surface area contributed by atoms with E-state index in [2.05, 4.69) is 64.2 Å². The molecule has 2 nitrogen and oxygen atoms in total. The van der Waals surface area contributed by atoms with E-state index in [1.54, 1.807) is 6.92 Å². The summed E-state index contributed by atoms with van der Waals surface area (Å²) < 4.78 is 6.63. The van der Waals surface area contributed by atoms with Crippen LogP contribution in [0.5, 0.6) is 0 Å². The molecule has 0 aromatic heterocycles. The van der Waals surface area contributed by atoms with Crippen molar-refractivity contribution in [1.29, 1.82) is 0 Å². The second kappa shape index (κ2) is 8.79. The zero-order chi connectivity index (χ0) is 17.5. The Morgan fingerprint density at radius 1 is 1.13 bits per heavy atom. The maximum Gasteiger partial charge on any atom is 0.192 e. The number of carbonyl (C=O) groups excluding carboxylic acids is 1. The lowest BCUT2D eigenvalue weighted by Gasteiger charge is -2.39. The lowest BCUT2D eigenvalue weighted by atomic mass is 10.0. The van der Waals surface area contributed by atoms with Crippen molar-refractivity contribution in [2.45, 2.75) is 84.0 Å². The molecule has 0 aliphatic heterocycles. The number of aryl methyl sites for hydroxylation is 1. The minimum atomic E-state index is -1.77. The molecule has 0 saturated heterocycles. The van der Waals surface area contributed by atoms with Crippen molar-refractivity contribution in [3.8, 4) is 0 Å². The van der Waals surface area contributed by atoms with E-state index in [1.165, 1.54) is 5.56 Å². The summed E-state index contributed by atoms with van der Waals surface area (Å²) in [5, 5.41) is 0.221. The summed E-state index contributed by atoms with van der Waals surface area (Å²) in [6, 6.07) is 10.6. The Hall–Kier alpha value is -0.933. The number of hydrogen-bond acceptors (Lipinski definition) is 2. The molecule has 23 heavy (non-hydrogen) atoms. The first-order valence-electron chi connectivity index (χ1n) is 8.83. The zero-order valence-electron chi connectivity index (χ0n) is 15.8. The Kier molecular flexibility index (Phi) is 7.69. The van der Waals surface area contributed by atoms with Crippen molar-refractivity contribution in [3.05, 3.63) is 35.9 Å². The molecule has 0 N–H and O–H groups in total. The Balaban J connectivity index is 2.66. The SMILES string of the molecule is CC(=O)CCCC(CCc1ccccc1)O[Si](C)(C)C(C)(C)C. The van der Waals surface area contributed by atoms with E-state index in [-0.39, 0.29) is 16.9 Å². The zero-order valence-corrected chi connectivity index (χ0v) is 16.8. The van der Waals surface area contributed by atoms with Crippen molar-refractivity contribution in [2.75, 3.05) is 0 Å². The molecule has 0 spiro atoms. The number of rotatable bonds is 9. The van der Waals surface area contributed by atoms with Gasteiger partial charge in [0.05, 0.1) is 0 Å². The van der Waals surface area contributed by atoms with E-state index in [9.17, 15) is 4.79 Å². The summed E-state index contributed by atoms with van der Waals surface area (Å²) in [7, 11) is -1.77. The highest BCUT2D eigenvalue weighted by Crippen LogP contribution is 2.38. The summed E-state index contributed by atoms with van der Waals surface area (Å²) in [6.07, 6.45) is 4.93. The first-order chi connectivity index (χ1) is 10.6. The van der Waals surface area contributed by atoms with Crippen LogP contribution in [0, 0.1) is 0 Å². The lowest BCUT2D eigenvalue weighted by molar-refractivity contribution is -0.117. The number of benzene rings is 1. The molecular weight excluding hydrogens is 300 g/mol. The third-order valence-corrected chi connectivity index (χ3v) is 9.46. The second-order valence-electron chi connectivity index (χ2n) is 8.12.